The highest BCUT2D eigenvalue weighted by Crippen LogP contribution is 2.20. The molecule has 0 aliphatic heterocycles. The topological polar surface area (TPSA) is 105 Å². The summed E-state index contributed by atoms with van der Waals surface area (Å²) < 4.78 is 22.8. The summed E-state index contributed by atoms with van der Waals surface area (Å²) >= 11 is 0. The van der Waals surface area contributed by atoms with Crippen LogP contribution in [0, 0.1) is 0 Å². The predicted molar refractivity (Wildman–Crippen MR) is 163 cm³/mol. The summed E-state index contributed by atoms with van der Waals surface area (Å²) in [4.78, 5) is 51.6. The average Bonchev–Trinajstić information content (AvgIpc) is 3.08. The van der Waals surface area contributed by atoms with E-state index in [9.17, 15) is 19.2 Å². The Morgan fingerprint density at radius 2 is 0.864 bits per heavy atom. The molecule has 0 fully saturated rings. The second-order valence-corrected chi connectivity index (χ2v) is 9.77. The number of benzene rings is 4. The van der Waals surface area contributed by atoms with E-state index in [1.807, 2.05) is 0 Å². The zero-order valence-corrected chi connectivity index (χ0v) is 24.0. The Balaban J connectivity index is 1.55. The highest BCUT2D eigenvalue weighted by molar-refractivity contribution is 5.91. The van der Waals surface area contributed by atoms with Gasteiger partial charge in [-0.3, -0.25) is 0 Å². The average molecular weight is 593 g/mol. The van der Waals surface area contributed by atoms with Crippen LogP contribution in [0.5, 0.6) is 0 Å². The Kier molecular flexibility index (Phi) is 11.6. The van der Waals surface area contributed by atoms with Gasteiger partial charge in [0.15, 0.2) is 0 Å². The Morgan fingerprint density at radius 1 is 0.500 bits per heavy atom. The molecule has 3 atom stereocenters. The van der Waals surface area contributed by atoms with E-state index in [1.54, 1.807) is 121 Å². The number of esters is 4. The maximum atomic E-state index is 13.1. The van der Waals surface area contributed by atoms with Crippen molar-refractivity contribution in [2.75, 3.05) is 6.61 Å². The Morgan fingerprint density at radius 3 is 1.27 bits per heavy atom. The maximum Gasteiger partial charge on any atom is 0.338 e. The smallest absolute Gasteiger partial charge is 0.338 e. The van der Waals surface area contributed by atoms with Gasteiger partial charge in [-0.25, -0.2) is 19.2 Å². The van der Waals surface area contributed by atoms with Crippen molar-refractivity contribution in [1.82, 2.24) is 0 Å². The van der Waals surface area contributed by atoms with Crippen LogP contribution >= 0.6 is 0 Å². The fourth-order valence-electron chi connectivity index (χ4n) is 4.28. The highest BCUT2D eigenvalue weighted by atomic mass is 16.6. The molecule has 0 bridgehead atoms. The molecular weight excluding hydrogens is 560 g/mol. The molecule has 0 aliphatic rings. The molecule has 4 aromatic carbocycles. The molecule has 0 heterocycles. The van der Waals surface area contributed by atoms with Gasteiger partial charge in [-0.05, 0) is 48.5 Å². The minimum absolute atomic E-state index is 0.00661. The van der Waals surface area contributed by atoms with Crippen molar-refractivity contribution in [2.24, 2.45) is 0 Å². The number of hydrogen-bond donors (Lipinski definition) is 0. The van der Waals surface area contributed by atoms with Crippen LogP contribution in [0.15, 0.2) is 134 Å². The first-order valence-electron chi connectivity index (χ1n) is 14.1. The number of rotatable bonds is 14. The van der Waals surface area contributed by atoms with E-state index in [1.165, 1.54) is 6.08 Å². The van der Waals surface area contributed by atoms with Crippen molar-refractivity contribution in [3.63, 3.8) is 0 Å². The normalized spacial score (nSPS) is 12.5. The zero-order valence-electron chi connectivity index (χ0n) is 24.0. The molecule has 0 N–H and O–H groups in total. The lowest BCUT2D eigenvalue weighted by Gasteiger charge is -2.26. The molecule has 0 aromatic heterocycles. The van der Waals surface area contributed by atoms with Crippen LogP contribution in [0.3, 0.4) is 0 Å². The van der Waals surface area contributed by atoms with E-state index >= 15 is 0 Å². The minimum Gasteiger partial charge on any atom is -0.458 e. The van der Waals surface area contributed by atoms with E-state index in [4.69, 9.17) is 18.9 Å². The highest BCUT2D eigenvalue weighted by Gasteiger charge is 2.29. The summed E-state index contributed by atoms with van der Waals surface area (Å²) in [5, 5.41) is 0. The molecule has 8 nitrogen and oxygen atoms in total. The molecule has 4 aromatic rings. The molecule has 0 unspecified atom stereocenters. The summed E-state index contributed by atoms with van der Waals surface area (Å²) in [7, 11) is 0. The minimum atomic E-state index is -1.01. The third-order valence-electron chi connectivity index (χ3n) is 6.53. The second-order valence-electron chi connectivity index (χ2n) is 9.77. The Labute approximate surface area is 255 Å². The monoisotopic (exact) mass is 592 g/mol. The number of ether oxygens (including phenoxy) is 4. The molecule has 4 rings (SSSR count). The van der Waals surface area contributed by atoms with Crippen LogP contribution in [-0.4, -0.2) is 48.8 Å². The van der Waals surface area contributed by atoms with Crippen molar-refractivity contribution in [3.8, 4) is 0 Å². The van der Waals surface area contributed by atoms with Crippen LogP contribution in [0.2, 0.25) is 0 Å². The SMILES string of the molecule is C=C[C@H](C[C@@H](C[C@@H](COC(=O)c1ccccc1)OC(=O)c1ccccc1)OC(=O)c1ccccc1)OC(=O)c1ccccc1. The van der Waals surface area contributed by atoms with E-state index in [0.29, 0.717) is 22.3 Å². The molecule has 44 heavy (non-hydrogen) atoms. The van der Waals surface area contributed by atoms with Gasteiger partial charge in [-0.1, -0.05) is 85.5 Å². The van der Waals surface area contributed by atoms with Crippen LogP contribution in [0.25, 0.3) is 0 Å². The number of carbonyl (C=O) groups is 4. The summed E-state index contributed by atoms with van der Waals surface area (Å²) in [6.45, 7) is 3.47. The maximum absolute atomic E-state index is 13.1. The van der Waals surface area contributed by atoms with E-state index in [2.05, 4.69) is 6.58 Å². The number of hydrogen-bond acceptors (Lipinski definition) is 8. The van der Waals surface area contributed by atoms with Gasteiger partial charge in [0.2, 0.25) is 0 Å². The molecule has 0 saturated heterocycles. The van der Waals surface area contributed by atoms with Gasteiger partial charge in [0.1, 0.15) is 24.9 Å². The van der Waals surface area contributed by atoms with E-state index in [-0.39, 0.29) is 19.4 Å². The largest absolute Gasteiger partial charge is 0.458 e. The lowest BCUT2D eigenvalue weighted by atomic mass is 10.0. The van der Waals surface area contributed by atoms with E-state index < -0.39 is 42.2 Å². The lowest BCUT2D eigenvalue weighted by molar-refractivity contribution is -0.0307. The number of carbonyl (C=O) groups excluding carboxylic acids is 4. The van der Waals surface area contributed by atoms with Crippen LogP contribution in [-0.2, 0) is 18.9 Å². The predicted octanol–water partition coefficient (Wildman–Crippen LogP) is 6.49. The fraction of sp³-hybridized carbons (Fsp3) is 0.167. The van der Waals surface area contributed by atoms with Crippen molar-refractivity contribution in [3.05, 3.63) is 156 Å². The van der Waals surface area contributed by atoms with Gasteiger partial charge >= 0.3 is 23.9 Å². The first-order valence-corrected chi connectivity index (χ1v) is 14.1. The van der Waals surface area contributed by atoms with Gasteiger partial charge in [-0.2, -0.15) is 0 Å². The molecule has 0 spiro atoms. The summed E-state index contributed by atoms with van der Waals surface area (Å²) in [5.41, 5.74) is 1.28. The Bertz CT molecular complexity index is 1520. The van der Waals surface area contributed by atoms with Gasteiger partial charge < -0.3 is 18.9 Å². The van der Waals surface area contributed by atoms with Gasteiger partial charge in [0.05, 0.1) is 22.3 Å². The summed E-state index contributed by atoms with van der Waals surface area (Å²) in [5.74, 6) is -2.45. The third-order valence-corrected chi connectivity index (χ3v) is 6.53. The quantitative estimate of drug-likeness (QED) is 0.0930. The first kappa shape index (κ1) is 31.4. The summed E-state index contributed by atoms with van der Waals surface area (Å²) in [6.07, 6.45) is -1.42. The first-order chi connectivity index (χ1) is 21.4. The van der Waals surface area contributed by atoms with Gasteiger partial charge in [0, 0.05) is 12.8 Å². The third kappa shape index (κ3) is 9.52. The summed E-state index contributed by atoms with van der Waals surface area (Å²) in [6, 6.07) is 33.6. The molecular formula is C36H32O8. The molecule has 224 valence electrons. The van der Waals surface area contributed by atoms with Crippen molar-refractivity contribution >= 4 is 23.9 Å². The zero-order chi connectivity index (χ0) is 31.1. The molecule has 8 heteroatoms. The van der Waals surface area contributed by atoms with Crippen LogP contribution in [0.4, 0.5) is 0 Å². The lowest BCUT2D eigenvalue weighted by Crippen LogP contribution is -2.34. The molecule has 0 amide bonds. The van der Waals surface area contributed by atoms with E-state index in [0.717, 1.165) is 0 Å². The van der Waals surface area contributed by atoms with Crippen molar-refractivity contribution < 1.29 is 38.1 Å². The van der Waals surface area contributed by atoms with Gasteiger partial charge in [-0.15, -0.1) is 0 Å². The van der Waals surface area contributed by atoms with Crippen molar-refractivity contribution in [1.29, 1.82) is 0 Å². The fourth-order valence-corrected chi connectivity index (χ4v) is 4.28. The Hall–Kier alpha value is -5.50. The van der Waals surface area contributed by atoms with Crippen LogP contribution < -0.4 is 0 Å². The second kappa shape index (κ2) is 16.2. The van der Waals surface area contributed by atoms with Crippen molar-refractivity contribution in [2.45, 2.75) is 31.2 Å². The molecule has 0 radical (unpaired) electrons. The standard InChI is InChI=1S/C36H32O8/c1-2-30(42-34(38)27-17-9-4-10-18-27)23-31(43-35(39)28-19-11-5-12-20-28)24-32(44-36(40)29-21-13-6-14-22-29)25-41-33(37)26-15-7-3-8-16-26/h2-22,30-32H,1,23-25H2/t30-,31+,32+/m1/s1. The molecule has 0 aliphatic carbocycles. The van der Waals surface area contributed by atoms with Gasteiger partial charge in [0.25, 0.3) is 0 Å². The van der Waals surface area contributed by atoms with Crippen LogP contribution in [0.1, 0.15) is 54.3 Å². The molecule has 0 saturated carbocycles.